The van der Waals surface area contributed by atoms with E-state index in [9.17, 15) is 4.79 Å². The van der Waals surface area contributed by atoms with Crippen molar-refractivity contribution >= 4 is 6.03 Å². The number of amides is 2. The average Bonchev–Trinajstić information content (AvgIpc) is 2.53. The van der Waals surface area contributed by atoms with Gasteiger partial charge in [0.25, 0.3) is 0 Å². The summed E-state index contributed by atoms with van der Waals surface area (Å²) < 4.78 is 0. The zero-order valence-corrected chi connectivity index (χ0v) is 15.6. The summed E-state index contributed by atoms with van der Waals surface area (Å²) in [7, 11) is 2.09. The Kier molecular flexibility index (Phi) is 7.56. The van der Waals surface area contributed by atoms with Gasteiger partial charge in [0.1, 0.15) is 0 Å². The van der Waals surface area contributed by atoms with Crippen LogP contribution in [0.3, 0.4) is 0 Å². The molecule has 0 aliphatic rings. The van der Waals surface area contributed by atoms with Crippen LogP contribution in [0.4, 0.5) is 4.79 Å². The molecule has 1 aromatic carbocycles. The van der Waals surface area contributed by atoms with Gasteiger partial charge in [-0.3, -0.25) is 4.90 Å². The van der Waals surface area contributed by atoms with E-state index in [1.807, 2.05) is 17.0 Å². The Morgan fingerprint density at radius 1 is 1.22 bits per heavy atom. The number of benzene rings is 1. The Morgan fingerprint density at radius 3 is 2.43 bits per heavy atom. The molecule has 0 aliphatic carbocycles. The number of nitrogens with one attached hydrogen (secondary N) is 1. The molecule has 0 radical (unpaired) electrons. The van der Waals surface area contributed by atoms with Gasteiger partial charge in [-0.2, -0.15) is 0 Å². The van der Waals surface area contributed by atoms with Gasteiger partial charge in [-0.25, -0.2) is 4.79 Å². The highest BCUT2D eigenvalue weighted by Crippen LogP contribution is 2.13. The van der Waals surface area contributed by atoms with Crippen molar-refractivity contribution in [3.63, 3.8) is 0 Å². The maximum atomic E-state index is 12.6. The minimum atomic E-state index is -0.0506. The van der Waals surface area contributed by atoms with Gasteiger partial charge >= 0.3 is 6.03 Å². The van der Waals surface area contributed by atoms with E-state index in [4.69, 9.17) is 0 Å². The van der Waals surface area contributed by atoms with Gasteiger partial charge in [-0.05, 0) is 51.9 Å². The highest BCUT2D eigenvalue weighted by atomic mass is 16.2. The molecule has 0 aromatic heterocycles. The highest BCUT2D eigenvalue weighted by molar-refractivity contribution is 5.74. The second kappa shape index (κ2) is 8.92. The van der Waals surface area contributed by atoms with Crippen molar-refractivity contribution in [1.29, 1.82) is 0 Å². The highest BCUT2D eigenvalue weighted by Gasteiger charge is 2.24. The fraction of sp³-hybridized carbons (Fsp3) is 0.632. The number of hydrogen-bond acceptors (Lipinski definition) is 2. The first-order chi connectivity index (χ1) is 10.8. The number of nitrogens with zero attached hydrogens (tertiary/aromatic N) is 2. The molecule has 130 valence electrons. The lowest BCUT2D eigenvalue weighted by Crippen LogP contribution is -2.52. The first-order valence-corrected chi connectivity index (χ1v) is 8.60. The largest absolute Gasteiger partial charge is 0.336 e. The molecule has 0 unspecified atom stereocenters. The smallest absolute Gasteiger partial charge is 0.317 e. The van der Waals surface area contributed by atoms with Gasteiger partial charge in [0.2, 0.25) is 0 Å². The van der Waals surface area contributed by atoms with Gasteiger partial charge in [0.05, 0.1) is 0 Å². The van der Waals surface area contributed by atoms with Gasteiger partial charge in [0.15, 0.2) is 0 Å². The third kappa shape index (κ3) is 5.87. The van der Waals surface area contributed by atoms with Crippen molar-refractivity contribution in [2.75, 3.05) is 26.7 Å². The summed E-state index contributed by atoms with van der Waals surface area (Å²) in [4.78, 5) is 16.8. The van der Waals surface area contributed by atoms with Crippen molar-refractivity contribution in [3.05, 3.63) is 35.4 Å². The number of likely N-dealkylation sites (N-methyl/N-ethyl adjacent to an activating group) is 1. The number of urea groups is 1. The number of carbonyl (C=O) groups is 1. The predicted octanol–water partition coefficient (Wildman–Crippen LogP) is 3.65. The first kappa shape index (κ1) is 19.5. The molecule has 1 rings (SSSR count). The van der Waals surface area contributed by atoms with Gasteiger partial charge in [0, 0.05) is 25.2 Å². The summed E-state index contributed by atoms with van der Waals surface area (Å²) in [6.07, 6.45) is 0.956. The van der Waals surface area contributed by atoms with Gasteiger partial charge < -0.3 is 10.2 Å². The molecule has 0 aliphatic heterocycles. The van der Waals surface area contributed by atoms with Crippen LogP contribution in [0, 0.1) is 6.92 Å². The third-order valence-corrected chi connectivity index (χ3v) is 4.58. The second-order valence-corrected chi connectivity index (χ2v) is 6.83. The van der Waals surface area contributed by atoms with Crippen molar-refractivity contribution in [2.24, 2.45) is 0 Å². The number of carbonyl (C=O) groups excluding carboxylic acids is 1. The average molecular weight is 319 g/mol. The fourth-order valence-corrected chi connectivity index (χ4v) is 2.48. The Hall–Kier alpha value is -1.55. The van der Waals surface area contributed by atoms with E-state index in [1.54, 1.807) is 0 Å². The summed E-state index contributed by atoms with van der Waals surface area (Å²) in [5, 5.41) is 3.11. The zero-order valence-electron chi connectivity index (χ0n) is 15.6. The molecular formula is C19H33N3O. The molecule has 2 amide bonds. The Balaban J connectivity index is 2.70. The van der Waals surface area contributed by atoms with Crippen LogP contribution in [0.25, 0.3) is 0 Å². The van der Waals surface area contributed by atoms with Crippen LogP contribution in [-0.2, 0) is 6.54 Å². The molecule has 4 heteroatoms. The molecule has 0 saturated heterocycles. The number of rotatable bonds is 8. The third-order valence-electron chi connectivity index (χ3n) is 4.58. The van der Waals surface area contributed by atoms with E-state index in [0.29, 0.717) is 13.1 Å². The molecule has 23 heavy (non-hydrogen) atoms. The molecule has 0 bridgehead atoms. The zero-order chi connectivity index (χ0) is 17.5. The Morgan fingerprint density at radius 2 is 1.87 bits per heavy atom. The van der Waals surface area contributed by atoms with Crippen LogP contribution in [-0.4, -0.2) is 48.1 Å². The molecule has 0 atom stereocenters. The van der Waals surface area contributed by atoms with Crippen LogP contribution < -0.4 is 5.32 Å². The van der Waals surface area contributed by atoms with Crippen molar-refractivity contribution in [1.82, 2.24) is 15.1 Å². The van der Waals surface area contributed by atoms with Crippen LogP contribution in [0.5, 0.6) is 0 Å². The Bertz CT molecular complexity index is 499. The monoisotopic (exact) mass is 319 g/mol. The van der Waals surface area contributed by atoms with Gasteiger partial charge in [-0.1, -0.05) is 38.1 Å². The molecule has 0 fully saturated rings. The normalized spacial score (nSPS) is 11.6. The molecule has 0 spiro atoms. The summed E-state index contributed by atoms with van der Waals surface area (Å²) in [6.45, 7) is 13.7. The van der Waals surface area contributed by atoms with Crippen LogP contribution in [0.1, 0.15) is 45.2 Å². The predicted molar refractivity (Wildman–Crippen MR) is 97.7 cm³/mol. The molecule has 4 nitrogen and oxygen atoms in total. The fourth-order valence-electron chi connectivity index (χ4n) is 2.48. The molecule has 0 heterocycles. The lowest BCUT2D eigenvalue weighted by Gasteiger charge is -2.35. The minimum absolute atomic E-state index is 0.0210. The summed E-state index contributed by atoms with van der Waals surface area (Å²) in [5.41, 5.74) is 2.39. The quantitative estimate of drug-likeness (QED) is 0.794. The van der Waals surface area contributed by atoms with Gasteiger partial charge in [-0.15, -0.1) is 0 Å². The maximum Gasteiger partial charge on any atom is 0.317 e. The minimum Gasteiger partial charge on any atom is -0.336 e. The van der Waals surface area contributed by atoms with Crippen LogP contribution in [0.2, 0.25) is 0 Å². The SMILES string of the molecule is CCCN(Cc1ccccc1C)C(=O)NCC(C)(C)N(C)CC. The van der Waals surface area contributed by atoms with Crippen molar-refractivity contribution in [2.45, 2.75) is 53.1 Å². The van der Waals surface area contributed by atoms with E-state index in [-0.39, 0.29) is 11.6 Å². The molecule has 0 saturated carbocycles. The maximum absolute atomic E-state index is 12.6. The van der Waals surface area contributed by atoms with Crippen molar-refractivity contribution < 1.29 is 4.79 Å². The number of hydrogen-bond donors (Lipinski definition) is 1. The lowest BCUT2D eigenvalue weighted by molar-refractivity contribution is 0.151. The molecule has 1 aromatic rings. The lowest BCUT2D eigenvalue weighted by atomic mass is 10.0. The summed E-state index contributed by atoms with van der Waals surface area (Å²) in [6, 6.07) is 8.28. The topological polar surface area (TPSA) is 35.6 Å². The van der Waals surface area contributed by atoms with Crippen LogP contribution >= 0.6 is 0 Å². The van der Waals surface area contributed by atoms with E-state index in [0.717, 1.165) is 19.5 Å². The van der Waals surface area contributed by atoms with E-state index >= 15 is 0 Å². The number of aryl methyl sites for hydroxylation is 1. The second-order valence-electron chi connectivity index (χ2n) is 6.83. The molecular weight excluding hydrogens is 286 g/mol. The standard InChI is InChI=1S/C19H33N3O/c1-7-13-22(14-17-12-10-9-11-16(17)3)18(23)20-15-19(4,5)21(6)8-2/h9-12H,7-8,13-15H2,1-6H3,(H,20,23). The van der Waals surface area contributed by atoms with E-state index in [2.05, 4.69) is 64.0 Å². The van der Waals surface area contributed by atoms with E-state index in [1.165, 1.54) is 11.1 Å². The summed E-state index contributed by atoms with van der Waals surface area (Å²) >= 11 is 0. The van der Waals surface area contributed by atoms with Crippen LogP contribution in [0.15, 0.2) is 24.3 Å². The van der Waals surface area contributed by atoms with E-state index < -0.39 is 0 Å². The molecule has 1 N–H and O–H groups in total. The summed E-state index contributed by atoms with van der Waals surface area (Å²) in [5.74, 6) is 0. The Labute approximate surface area is 141 Å². The van der Waals surface area contributed by atoms with Crippen molar-refractivity contribution in [3.8, 4) is 0 Å². The first-order valence-electron chi connectivity index (χ1n) is 8.60.